The van der Waals surface area contributed by atoms with Crippen molar-refractivity contribution in [2.45, 2.75) is 18.5 Å². The molecule has 2 nitrogen and oxygen atoms in total. The highest BCUT2D eigenvalue weighted by molar-refractivity contribution is 6.11. The maximum atomic E-state index is 12.1. The smallest absolute Gasteiger partial charge is 0.286 e. The Morgan fingerprint density at radius 2 is 1.29 bits per heavy atom. The maximum absolute atomic E-state index is 12.1. The average molecular weight is 226 g/mol. The van der Waals surface area contributed by atoms with E-state index < -0.39 is 30.1 Å². The highest BCUT2D eigenvalue weighted by Gasteiger charge is 2.61. The van der Waals surface area contributed by atoms with Gasteiger partial charge in [0, 0.05) is 0 Å². The van der Waals surface area contributed by atoms with Crippen molar-refractivity contribution >= 4 is 11.6 Å². The summed E-state index contributed by atoms with van der Waals surface area (Å²) in [5.41, 5.74) is 0. The highest BCUT2D eigenvalue weighted by atomic mass is 19.4. The second-order valence-corrected chi connectivity index (χ2v) is 2.07. The Hall–Kier alpha value is -1.15. The SMILES string of the molecule is O=C(C(F)F)C(F)(F)C(=O)C(F)(F)F. The number of halogens is 7. The van der Waals surface area contributed by atoms with Gasteiger partial charge in [-0.25, -0.2) is 8.78 Å². The van der Waals surface area contributed by atoms with E-state index >= 15 is 0 Å². The van der Waals surface area contributed by atoms with Crippen molar-refractivity contribution < 1.29 is 40.3 Å². The fraction of sp³-hybridized carbons (Fsp3) is 0.600. The standard InChI is InChI=1S/C5HF7O2/c6-2(7)1(13)4(8,9)3(14)5(10,11)12/h2H. The first-order chi connectivity index (χ1) is 6.01. The van der Waals surface area contributed by atoms with E-state index in [1.165, 1.54) is 0 Å². The lowest BCUT2D eigenvalue weighted by atomic mass is 10.1. The van der Waals surface area contributed by atoms with Crippen LogP contribution >= 0.6 is 0 Å². The molecule has 0 saturated carbocycles. The fourth-order valence-corrected chi connectivity index (χ4v) is 0.427. The van der Waals surface area contributed by atoms with E-state index in [9.17, 15) is 40.3 Å². The van der Waals surface area contributed by atoms with Gasteiger partial charge in [-0.05, 0) is 0 Å². The molecule has 82 valence electrons. The molecule has 0 spiro atoms. The Balaban J connectivity index is 4.98. The van der Waals surface area contributed by atoms with Gasteiger partial charge in [0.1, 0.15) is 0 Å². The highest BCUT2D eigenvalue weighted by Crippen LogP contribution is 2.29. The van der Waals surface area contributed by atoms with E-state index in [1.807, 2.05) is 0 Å². The summed E-state index contributed by atoms with van der Waals surface area (Å²) >= 11 is 0. The van der Waals surface area contributed by atoms with Crippen LogP contribution in [0.15, 0.2) is 0 Å². The number of Topliss-reactive ketones (excluding diaryl/α,β-unsaturated/α-hetero) is 2. The molecule has 0 aliphatic rings. The van der Waals surface area contributed by atoms with Gasteiger partial charge in [-0.3, -0.25) is 9.59 Å². The number of carbonyl (C=O) groups excluding carboxylic acids is 2. The third kappa shape index (κ3) is 2.42. The summed E-state index contributed by atoms with van der Waals surface area (Å²) in [5, 5.41) is 0. The zero-order chi connectivity index (χ0) is 11.7. The Morgan fingerprint density at radius 1 is 0.929 bits per heavy atom. The molecule has 0 aliphatic heterocycles. The Morgan fingerprint density at radius 3 is 1.50 bits per heavy atom. The van der Waals surface area contributed by atoms with Gasteiger partial charge in [0.2, 0.25) is 0 Å². The zero-order valence-corrected chi connectivity index (χ0v) is 6.04. The van der Waals surface area contributed by atoms with Crippen molar-refractivity contribution in [1.82, 2.24) is 0 Å². The van der Waals surface area contributed by atoms with Crippen LogP contribution in [0.2, 0.25) is 0 Å². The van der Waals surface area contributed by atoms with Crippen LogP contribution < -0.4 is 0 Å². The van der Waals surface area contributed by atoms with E-state index in [1.54, 1.807) is 0 Å². The lowest BCUT2D eigenvalue weighted by Crippen LogP contribution is -2.48. The molecule has 0 unspecified atom stereocenters. The van der Waals surface area contributed by atoms with E-state index in [0.717, 1.165) is 0 Å². The monoisotopic (exact) mass is 226 g/mol. The summed E-state index contributed by atoms with van der Waals surface area (Å²) in [5.74, 6) is -12.9. The molecule has 0 aromatic heterocycles. The number of ketones is 2. The maximum Gasteiger partial charge on any atom is 0.456 e. The summed E-state index contributed by atoms with van der Waals surface area (Å²) in [6.45, 7) is 0. The van der Waals surface area contributed by atoms with Crippen LogP contribution in [0.1, 0.15) is 0 Å². The number of carbonyl (C=O) groups is 2. The van der Waals surface area contributed by atoms with Gasteiger partial charge in [-0.2, -0.15) is 22.0 Å². The minimum Gasteiger partial charge on any atom is -0.286 e. The molecule has 0 radical (unpaired) electrons. The zero-order valence-electron chi connectivity index (χ0n) is 6.04. The van der Waals surface area contributed by atoms with E-state index in [4.69, 9.17) is 0 Å². The lowest BCUT2D eigenvalue weighted by Gasteiger charge is -2.14. The number of hydrogen-bond donors (Lipinski definition) is 0. The second-order valence-electron chi connectivity index (χ2n) is 2.07. The Bertz CT molecular complexity index is 253. The van der Waals surface area contributed by atoms with Crippen molar-refractivity contribution in [3.05, 3.63) is 0 Å². The minimum atomic E-state index is -6.03. The molecular formula is C5HF7O2. The van der Waals surface area contributed by atoms with Crippen LogP contribution in [0, 0.1) is 0 Å². The molecule has 0 fully saturated rings. The van der Waals surface area contributed by atoms with Crippen LogP contribution in [0.25, 0.3) is 0 Å². The van der Waals surface area contributed by atoms with Crippen LogP contribution in [0.5, 0.6) is 0 Å². The van der Waals surface area contributed by atoms with Gasteiger partial charge in [-0.15, -0.1) is 0 Å². The molecule has 0 atom stereocenters. The fourth-order valence-electron chi connectivity index (χ4n) is 0.427. The van der Waals surface area contributed by atoms with Gasteiger partial charge in [0.15, 0.2) is 0 Å². The first-order valence-electron chi connectivity index (χ1n) is 2.83. The van der Waals surface area contributed by atoms with E-state index in [0.29, 0.717) is 0 Å². The number of hydrogen-bond acceptors (Lipinski definition) is 2. The number of rotatable bonds is 3. The minimum absolute atomic E-state index is 3.36. The van der Waals surface area contributed by atoms with Gasteiger partial charge in [0.05, 0.1) is 0 Å². The molecule has 0 aromatic carbocycles. The molecule has 0 rings (SSSR count). The molecule has 0 N–H and O–H groups in total. The Labute approximate surface area is 71.7 Å². The van der Waals surface area contributed by atoms with Gasteiger partial charge < -0.3 is 0 Å². The van der Waals surface area contributed by atoms with Crippen LogP contribution in [-0.2, 0) is 9.59 Å². The quantitative estimate of drug-likeness (QED) is 0.540. The molecule has 0 heterocycles. The van der Waals surface area contributed by atoms with Crippen molar-refractivity contribution in [3.8, 4) is 0 Å². The lowest BCUT2D eigenvalue weighted by molar-refractivity contribution is -0.199. The summed E-state index contributed by atoms with van der Waals surface area (Å²) in [4.78, 5) is 19.6. The second kappa shape index (κ2) is 3.54. The molecule has 0 bridgehead atoms. The third-order valence-corrected chi connectivity index (χ3v) is 1.05. The first kappa shape index (κ1) is 12.8. The summed E-state index contributed by atoms with van der Waals surface area (Å²) < 4.78 is 80.8. The van der Waals surface area contributed by atoms with Crippen molar-refractivity contribution in [3.63, 3.8) is 0 Å². The normalized spacial score (nSPS) is 13.1. The number of alkyl halides is 7. The van der Waals surface area contributed by atoms with Crippen molar-refractivity contribution in [2.75, 3.05) is 0 Å². The Kier molecular flexibility index (Phi) is 3.25. The predicted octanol–water partition coefficient (Wildman–Crippen LogP) is 1.59. The molecule has 9 heteroatoms. The largest absolute Gasteiger partial charge is 0.456 e. The molecular weight excluding hydrogens is 225 g/mol. The van der Waals surface area contributed by atoms with Gasteiger partial charge in [0.25, 0.3) is 5.78 Å². The van der Waals surface area contributed by atoms with Crippen molar-refractivity contribution in [2.24, 2.45) is 0 Å². The first-order valence-corrected chi connectivity index (χ1v) is 2.83. The van der Waals surface area contributed by atoms with Crippen LogP contribution in [-0.4, -0.2) is 30.1 Å². The van der Waals surface area contributed by atoms with Crippen molar-refractivity contribution in [1.29, 1.82) is 0 Å². The third-order valence-electron chi connectivity index (χ3n) is 1.05. The summed E-state index contributed by atoms with van der Waals surface area (Å²) in [7, 11) is 0. The van der Waals surface area contributed by atoms with E-state index in [-0.39, 0.29) is 0 Å². The van der Waals surface area contributed by atoms with Crippen LogP contribution in [0.3, 0.4) is 0 Å². The molecule has 0 aromatic rings. The van der Waals surface area contributed by atoms with Gasteiger partial charge in [-0.1, -0.05) is 0 Å². The van der Waals surface area contributed by atoms with E-state index in [2.05, 4.69) is 0 Å². The molecule has 0 aliphatic carbocycles. The molecule has 0 saturated heterocycles. The topological polar surface area (TPSA) is 34.1 Å². The summed E-state index contributed by atoms with van der Waals surface area (Å²) in [6, 6.07) is 0. The summed E-state index contributed by atoms with van der Waals surface area (Å²) in [6.07, 6.45) is -10.4. The van der Waals surface area contributed by atoms with Gasteiger partial charge >= 0.3 is 24.3 Å². The van der Waals surface area contributed by atoms with Crippen LogP contribution in [0.4, 0.5) is 30.7 Å². The molecule has 14 heavy (non-hydrogen) atoms. The predicted molar refractivity (Wildman–Crippen MR) is 27.0 cm³/mol. The molecule has 0 amide bonds. The average Bonchev–Trinajstić information content (AvgIpc) is 1.99.